The molecule has 0 radical (unpaired) electrons. The Morgan fingerprint density at radius 1 is 1.17 bits per heavy atom. The molecule has 0 aromatic heterocycles. The van der Waals surface area contributed by atoms with Gasteiger partial charge in [-0.3, -0.25) is 0 Å². The minimum absolute atomic E-state index is 0.0903. The second-order valence-electron chi connectivity index (χ2n) is 3.46. The van der Waals surface area contributed by atoms with E-state index in [9.17, 15) is 0 Å². The van der Waals surface area contributed by atoms with E-state index >= 15 is 0 Å². The smallest absolute Gasteiger partial charge is 0.0629 e. The first-order valence-electron chi connectivity index (χ1n) is 4.00. The zero-order chi connectivity index (χ0) is 9.72. The van der Waals surface area contributed by atoms with Crippen molar-refractivity contribution in [1.29, 1.82) is 0 Å². The fraction of sp³-hybridized carbons (Fsp3) is 1.00. The van der Waals surface area contributed by atoms with Gasteiger partial charge in [-0.2, -0.15) is 0 Å². The topological polar surface area (TPSA) is 6.48 Å². The van der Waals surface area contributed by atoms with Gasteiger partial charge in [0.25, 0.3) is 0 Å². The quantitative estimate of drug-likeness (QED) is 0.635. The Morgan fingerprint density at radius 2 is 1.67 bits per heavy atom. The Kier molecular flexibility index (Phi) is 6.28. The van der Waals surface area contributed by atoms with Crippen molar-refractivity contribution in [1.82, 2.24) is 9.80 Å². The largest absolute Gasteiger partial charge is 0.308 e. The molecule has 0 aromatic rings. The lowest BCUT2D eigenvalue weighted by atomic mass is 10.2. The van der Waals surface area contributed by atoms with Crippen LogP contribution in [0.3, 0.4) is 0 Å². The Bertz CT molecular complexity index is 118. The van der Waals surface area contributed by atoms with Gasteiger partial charge in [-0.25, -0.2) is 0 Å². The molecule has 12 heavy (non-hydrogen) atoms. The van der Waals surface area contributed by atoms with Crippen molar-refractivity contribution < 1.29 is 0 Å². The van der Waals surface area contributed by atoms with Crippen molar-refractivity contribution in [3.8, 4) is 0 Å². The predicted molar refractivity (Wildman–Crippen MR) is 56.4 cm³/mol. The molecule has 2 unspecified atom stereocenters. The molecule has 0 aliphatic rings. The van der Waals surface area contributed by atoms with Crippen molar-refractivity contribution in [2.45, 2.75) is 11.4 Å². The van der Waals surface area contributed by atoms with Crippen LogP contribution >= 0.6 is 23.2 Å². The first-order chi connectivity index (χ1) is 5.49. The molecule has 2 nitrogen and oxygen atoms in total. The highest BCUT2D eigenvalue weighted by molar-refractivity contribution is 6.23. The molecule has 0 aliphatic heterocycles. The molecule has 0 saturated heterocycles. The molecule has 0 aromatic carbocycles. The summed E-state index contributed by atoms with van der Waals surface area (Å²) < 4.78 is 0. The molecular formula is C8H18Cl2N2. The minimum Gasteiger partial charge on any atom is -0.308 e. The highest BCUT2D eigenvalue weighted by atomic mass is 35.5. The van der Waals surface area contributed by atoms with Gasteiger partial charge in [-0.05, 0) is 28.2 Å². The average molecular weight is 213 g/mol. The highest BCUT2D eigenvalue weighted by Crippen LogP contribution is 2.10. The van der Waals surface area contributed by atoms with Crippen molar-refractivity contribution in [2.75, 3.05) is 40.6 Å². The lowest BCUT2D eigenvalue weighted by Gasteiger charge is -2.28. The molecule has 0 rings (SSSR count). The van der Waals surface area contributed by atoms with Crippen LogP contribution in [-0.4, -0.2) is 61.8 Å². The molecule has 0 fully saturated rings. The standard InChI is InChI=1S/C8H18Cl2N2/c1-11(2)6-7(10)8(5-9)12(3)4/h7-8H,5-6H2,1-4H3. The van der Waals surface area contributed by atoms with Crippen LogP contribution in [0.4, 0.5) is 0 Å². The Balaban J connectivity index is 3.94. The van der Waals surface area contributed by atoms with Gasteiger partial charge in [0.15, 0.2) is 0 Å². The maximum Gasteiger partial charge on any atom is 0.0629 e. The van der Waals surface area contributed by atoms with Gasteiger partial charge in [-0.15, -0.1) is 23.2 Å². The molecule has 0 heterocycles. The van der Waals surface area contributed by atoms with Crippen LogP contribution in [-0.2, 0) is 0 Å². The molecule has 0 bridgehead atoms. The molecule has 74 valence electrons. The first kappa shape index (κ1) is 12.5. The third-order valence-electron chi connectivity index (χ3n) is 1.78. The summed E-state index contributed by atoms with van der Waals surface area (Å²) in [6, 6.07) is 0.246. The number of hydrogen-bond acceptors (Lipinski definition) is 2. The summed E-state index contributed by atoms with van der Waals surface area (Å²) >= 11 is 12.0. The van der Waals surface area contributed by atoms with E-state index in [1.54, 1.807) is 0 Å². The normalized spacial score (nSPS) is 17.0. The van der Waals surface area contributed by atoms with Crippen LogP contribution in [0.25, 0.3) is 0 Å². The predicted octanol–water partition coefficient (Wildman–Crippen LogP) is 1.32. The third kappa shape index (κ3) is 4.51. The molecular weight excluding hydrogens is 195 g/mol. The van der Waals surface area contributed by atoms with Gasteiger partial charge in [-0.1, -0.05) is 0 Å². The van der Waals surface area contributed by atoms with Crippen LogP contribution in [0.1, 0.15) is 0 Å². The van der Waals surface area contributed by atoms with Crippen molar-refractivity contribution in [3.63, 3.8) is 0 Å². The van der Waals surface area contributed by atoms with E-state index in [2.05, 4.69) is 9.80 Å². The summed E-state index contributed by atoms with van der Waals surface area (Å²) in [6.07, 6.45) is 0. The van der Waals surface area contributed by atoms with Crippen LogP contribution in [0, 0.1) is 0 Å². The Labute approximate surface area is 85.4 Å². The third-order valence-corrected chi connectivity index (χ3v) is 2.52. The van der Waals surface area contributed by atoms with Gasteiger partial charge in [0, 0.05) is 18.5 Å². The maximum absolute atomic E-state index is 6.17. The number of hydrogen-bond donors (Lipinski definition) is 0. The number of nitrogens with zero attached hydrogens (tertiary/aromatic N) is 2. The summed E-state index contributed by atoms with van der Waals surface area (Å²) in [5.41, 5.74) is 0. The van der Waals surface area contributed by atoms with E-state index in [4.69, 9.17) is 23.2 Å². The van der Waals surface area contributed by atoms with Crippen LogP contribution in [0.5, 0.6) is 0 Å². The lowest BCUT2D eigenvalue weighted by molar-refractivity contribution is 0.275. The fourth-order valence-corrected chi connectivity index (χ4v) is 2.20. The van der Waals surface area contributed by atoms with Crippen LogP contribution < -0.4 is 0 Å². The molecule has 4 heteroatoms. The van der Waals surface area contributed by atoms with E-state index in [1.807, 2.05) is 28.2 Å². The Morgan fingerprint density at radius 3 is 1.92 bits per heavy atom. The van der Waals surface area contributed by atoms with Gasteiger partial charge in [0.1, 0.15) is 0 Å². The van der Waals surface area contributed by atoms with Crippen LogP contribution in [0.15, 0.2) is 0 Å². The van der Waals surface area contributed by atoms with E-state index in [1.165, 1.54) is 0 Å². The number of halogens is 2. The molecule has 0 spiro atoms. The van der Waals surface area contributed by atoms with Gasteiger partial charge < -0.3 is 9.80 Å². The van der Waals surface area contributed by atoms with E-state index in [-0.39, 0.29) is 11.4 Å². The molecule has 0 N–H and O–H groups in total. The van der Waals surface area contributed by atoms with E-state index in [0.29, 0.717) is 5.88 Å². The lowest BCUT2D eigenvalue weighted by Crippen LogP contribution is -2.42. The Hall–Kier alpha value is 0.500. The second kappa shape index (κ2) is 6.03. The van der Waals surface area contributed by atoms with Gasteiger partial charge >= 0.3 is 0 Å². The minimum atomic E-state index is 0.0903. The van der Waals surface area contributed by atoms with Gasteiger partial charge in [0.2, 0.25) is 0 Å². The number of alkyl halides is 2. The van der Waals surface area contributed by atoms with Crippen molar-refractivity contribution in [2.24, 2.45) is 0 Å². The molecule has 0 amide bonds. The molecule has 0 aliphatic carbocycles. The fourth-order valence-electron chi connectivity index (χ4n) is 1.03. The monoisotopic (exact) mass is 212 g/mol. The van der Waals surface area contributed by atoms with E-state index in [0.717, 1.165) is 6.54 Å². The first-order valence-corrected chi connectivity index (χ1v) is 4.97. The van der Waals surface area contributed by atoms with Crippen molar-refractivity contribution in [3.05, 3.63) is 0 Å². The zero-order valence-electron chi connectivity index (χ0n) is 8.22. The molecule has 2 atom stereocenters. The summed E-state index contributed by atoms with van der Waals surface area (Å²) in [4.78, 5) is 4.13. The van der Waals surface area contributed by atoms with Crippen LogP contribution in [0.2, 0.25) is 0 Å². The van der Waals surface area contributed by atoms with Gasteiger partial charge in [0.05, 0.1) is 5.38 Å². The second-order valence-corrected chi connectivity index (χ2v) is 4.33. The molecule has 0 saturated carbocycles. The summed E-state index contributed by atoms with van der Waals surface area (Å²) in [5.74, 6) is 0.578. The number of rotatable bonds is 5. The SMILES string of the molecule is CN(C)CC(Cl)C(CCl)N(C)C. The average Bonchev–Trinajstić information content (AvgIpc) is 1.85. The summed E-state index contributed by atoms with van der Waals surface area (Å²) in [7, 11) is 8.02. The summed E-state index contributed by atoms with van der Waals surface area (Å²) in [6.45, 7) is 0.858. The highest BCUT2D eigenvalue weighted by Gasteiger charge is 2.20. The zero-order valence-corrected chi connectivity index (χ0v) is 9.73. The summed E-state index contributed by atoms with van der Waals surface area (Å²) in [5, 5.41) is 0.0903. The maximum atomic E-state index is 6.17. The van der Waals surface area contributed by atoms with Crippen molar-refractivity contribution >= 4 is 23.2 Å². The van der Waals surface area contributed by atoms with E-state index < -0.39 is 0 Å².